The fourth-order valence-corrected chi connectivity index (χ4v) is 2.49. The first-order valence-electron chi connectivity index (χ1n) is 8.82. The first-order valence-corrected chi connectivity index (χ1v) is 8.82. The summed E-state index contributed by atoms with van der Waals surface area (Å²) in [6, 6.07) is 18.5. The van der Waals surface area contributed by atoms with Crippen LogP contribution < -0.4 is 16.0 Å². The van der Waals surface area contributed by atoms with E-state index in [4.69, 9.17) is 0 Å². The van der Waals surface area contributed by atoms with E-state index in [0.717, 1.165) is 11.3 Å². The Balaban J connectivity index is 1.55. The molecule has 0 unspecified atom stereocenters. The van der Waals surface area contributed by atoms with Gasteiger partial charge in [-0.1, -0.05) is 29.8 Å². The lowest BCUT2D eigenvalue weighted by atomic mass is 10.1. The van der Waals surface area contributed by atoms with Crippen LogP contribution >= 0.6 is 0 Å². The van der Waals surface area contributed by atoms with Gasteiger partial charge in [0.15, 0.2) is 11.5 Å². The molecule has 2 amide bonds. The van der Waals surface area contributed by atoms with Crippen molar-refractivity contribution in [1.82, 2.24) is 15.5 Å². The van der Waals surface area contributed by atoms with Gasteiger partial charge in [-0.15, -0.1) is 10.2 Å². The Morgan fingerprint density at radius 1 is 0.857 bits per heavy atom. The summed E-state index contributed by atoms with van der Waals surface area (Å²) in [5.74, 6) is 0.115. The number of carbonyl (C=O) groups excluding carboxylic acids is 2. The topological polar surface area (TPSA) is 96.0 Å². The molecule has 7 nitrogen and oxygen atoms in total. The number of aryl methyl sites for hydroxylation is 1. The van der Waals surface area contributed by atoms with Crippen LogP contribution in [0.15, 0.2) is 60.7 Å². The minimum absolute atomic E-state index is 0.122. The molecule has 0 saturated carbocycles. The molecule has 0 radical (unpaired) electrons. The van der Waals surface area contributed by atoms with Crippen LogP contribution in [0.2, 0.25) is 0 Å². The maximum atomic E-state index is 12.2. The molecule has 7 heteroatoms. The lowest BCUT2D eigenvalue weighted by Gasteiger charge is -2.08. The molecule has 0 aliphatic carbocycles. The summed E-state index contributed by atoms with van der Waals surface area (Å²) < 4.78 is 0. The van der Waals surface area contributed by atoms with E-state index in [1.54, 1.807) is 24.3 Å². The highest BCUT2D eigenvalue weighted by Gasteiger charge is 2.08. The third-order valence-corrected chi connectivity index (χ3v) is 3.95. The van der Waals surface area contributed by atoms with Crippen LogP contribution in [-0.4, -0.2) is 22.0 Å². The first-order chi connectivity index (χ1) is 13.5. The highest BCUT2D eigenvalue weighted by Crippen LogP contribution is 2.17. The minimum atomic E-state index is -0.278. The fraction of sp³-hybridized carbons (Fsp3) is 0.143. The van der Waals surface area contributed by atoms with Gasteiger partial charge in [0.2, 0.25) is 5.91 Å². The smallest absolute Gasteiger partial charge is 0.272 e. The number of benzene rings is 2. The van der Waals surface area contributed by atoms with E-state index in [2.05, 4.69) is 26.1 Å². The van der Waals surface area contributed by atoms with Crippen LogP contribution in [0.4, 0.5) is 17.2 Å². The quantitative estimate of drug-likeness (QED) is 0.613. The SMILES string of the molecule is CC(=O)Nc1ccc(Nc2ccc(C(=O)NCc3ccc(C)cc3)nn2)cc1. The molecule has 0 fully saturated rings. The summed E-state index contributed by atoms with van der Waals surface area (Å²) in [6.45, 7) is 3.91. The highest BCUT2D eigenvalue weighted by molar-refractivity contribution is 5.92. The molecular weight excluding hydrogens is 354 g/mol. The minimum Gasteiger partial charge on any atom is -0.347 e. The van der Waals surface area contributed by atoms with Gasteiger partial charge in [0.1, 0.15) is 0 Å². The predicted molar refractivity (Wildman–Crippen MR) is 108 cm³/mol. The van der Waals surface area contributed by atoms with Gasteiger partial charge in [-0.3, -0.25) is 9.59 Å². The Morgan fingerprint density at radius 2 is 1.54 bits per heavy atom. The molecular formula is C21H21N5O2. The van der Waals surface area contributed by atoms with Crippen molar-refractivity contribution >= 4 is 29.0 Å². The molecule has 3 aromatic rings. The number of hydrogen-bond acceptors (Lipinski definition) is 5. The fourth-order valence-electron chi connectivity index (χ4n) is 2.49. The zero-order chi connectivity index (χ0) is 19.9. The second kappa shape index (κ2) is 8.77. The van der Waals surface area contributed by atoms with E-state index in [-0.39, 0.29) is 17.5 Å². The average molecular weight is 375 g/mol. The van der Waals surface area contributed by atoms with Crippen LogP contribution in [0, 0.1) is 6.92 Å². The van der Waals surface area contributed by atoms with Crippen molar-refractivity contribution in [2.24, 2.45) is 0 Å². The molecule has 0 atom stereocenters. The van der Waals surface area contributed by atoms with Crippen LogP contribution in [0.25, 0.3) is 0 Å². The number of amides is 2. The van der Waals surface area contributed by atoms with Gasteiger partial charge in [0.25, 0.3) is 5.91 Å². The zero-order valence-electron chi connectivity index (χ0n) is 15.7. The largest absolute Gasteiger partial charge is 0.347 e. The summed E-state index contributed by atoms with van der Waals surface area (Å²) in [5.41, 5.74) is 3.95. The average Bonchev–Trinajstić information content (AvgIpc) is 2.69. The van der Waals surface area contributed by atoms with E-state index >= 15 is 0 Å². The highest BCUT2D eigenvalue weighted by atomic mass is 16.2. The van der Waals surface area contributed by atoms with Crippen molar-refractivity contribution in [3.63, 3.8) is 0 Å². The monoisotopic (exact) mass is 375 g/mol. The molecule has 3 rings (SSSR count). The molecule has 0 saturated heterocycles. The van der Waals surface area contributed by atoms with E-state index in [9.17, 15) is 9.59 Å². The summed E-state index contributed by atoms with van der Waals surface area (Å²) in [4.78, 5) is 23.3. The van der Waals surface area contributed by atoms with Crippen LogP contribution in [0.5, 0.6) is 0 Å². The normalized spacial score (nSPS) is 10.2. The Morgan fingerprint density at radius 3 is 2.14 bits per heavy atom. The molecule has 1 heterocycles. The van der Waals surface area contributed by atoms with E-state index in [1.807, 2.05) is 43.3 Å². The maximum absolute atomic E-state index is 12.2. The molecule has 142 valence electrons. The number of nitrogens with one attached hydrogen (secondary N) is 3. The van der Waals surface area contributed by atoms with Gasteiger partial charge in [-0.25, -0.2) is 0 Å². The molecule has 2 aromatic carbocycles. The lowest BCUT2D eigenvalue weighted by molar-refractivity contribution is -0.114. The number of anilines is 3. The predicted octanol–water partition coefficient (Wildman–Crippen LogP) is 3.42. The van der Waals surface area contributed by atoms with Crippen molar-refractivity contribution in [1.29, 1.82) is 0 Å². The molecule has 0 bridgehead atoms. The van der Waals surface area contributed by atoms with E-state index in [1.165, 1.54) is 12.5 Å². The third-order valence-electron chi connectivity index (χ3n) is 3.95. The standard InChI is InChI=1S/C21H21N5O2/c1-14-3-5-16(6-4-14)13-22-21(28)19-11-12-20(26-25-19)24-18-9-7-17(8-10-18)23-15(2)27/h3-12H,13H2,1-2H3,(H,22,28)(H,23,27)(H,24,26). The summed E-state index contributed by atoms with van der Waals surface area (Å²) >= 11 is 0. The van der Waals surface area contributed by atoms with Crippen LogP contribution in [0.3, 0.4) is 0 Å². The second-order valence-corrected chi connectivity index (χ2v) is 6.36. The second-order valence-electron chi connectivity index (χ2n) is 6.36. The van der Waals surface area contributed by atoms with Crippen molar-refractivity contribution in [2.75, 3.05) is 10.6 Å². The van der Waals surface area contributed by atoms with Gasteiger partial charge >= 0.3 is 0 Å². The molecule has 0 aliphatic rings. The number of aromatic nitrogens is 2. The first kappa shape index (κ1) is 19.0. The van der Waals surface area contributed by atoms with Crippen LogP contribution in [-0.2, 0) is 11.3 Å². The molecule has 0 spiro atoms. The van der Waals surface area contributed by atoms with Crippen LogP contribution in [0.1, 0.15) is 28.5 Å². The number of rotatable bonds is 6. The third kappa shape index (κ3) is 5.38. The van der Waals surface area contributed by atoms with Crippen molar-refractivity contribution in [3.05, 3.63) is 77.5 Å². The molecule has 0 aliphatic heterocycles. The van der Waals surface area contributed by atoms with Crippen molar-refractivity contribution in [2.45, 2.75) is 20.4 Å². The molecule has 3 N–H and O–H groups in total. The van der Waals surface area contributed by atoms with Crippen molar-refractivity contribution < 1.29 is 9.59 Å². The van der Waals surface area contributed by atoms with Gasteiger partial charge < -0.3 is 16.0 Å². The van der Waals surface area contributed by atoms with Gasteiger partial charge in [0, 0.05) is 24.8 Å². The zero-order valence-corrected chi connectivity index (χ0v) is 15.7. The Kier molecular flexibility index (Phi) is 5.96. The van der Waals surface area contributed by atoms with Gasteiger partial charge in [0.05, 0.1) is 0 Å². The number of carbonyl (C=O) groups is 2. The molecule has 1 aromatic heterocycles. The summed E-state index contributed by atoms with van der Waals surface area (Å²) in [5, 5.41) is 16.6. The van der Waals surface area contributed by atoms with Gasteiger partial charge in [-0.2, -0.15) is 0 Å². The van der Waals surface area contributed by atoms with E-state index < -0.39 is 0 Å². The number of hydrogen-bond donors (Lipinski definition) is 3. The van der Waals surface area contributed by atoms with E-state index in [0.29, 0.717) is 18.1 Å². The van der Waals surface area contributed by atoms with Crippen molar-refractivity contribution in [3.8, 4) is 0 Å². The summed E-state index contributed by atoms with van der Waals surface area (Å²) in [7, 11) is 0. The lowest BCUT2D eigenvalue weighted by Crippen LogP contribution is -2.24. The number of nitrogens with zero attached hydrogens (tertiary/aromatic N) is 2. The Labute approximate surface area is 163 Å². The molecule has 28 heavy (non-hydrogen) atoms. The Bertz CT molecular complexity index is 952. The summed E-state index contributed by atoms with van der Waals surface area (Å²) in [6.07, 6.45) is 0. The maximum Gasteiger partial charge on any atom is 0.272 e. The van der Waals surface area contributed by atoms with Gasteiger partial charge in [-0.05, 0) is 48.9 Å². The Hall–Kier alpha value is -3.74.